The fraction of sp³-hybridized carbons (Fsp3) is 0.455. The van der Waals surface area contributed by atoms with Gasteiger partial charge in [0, 0.05) is 6.04 Å². The molecular formula is C11H12ClN3O3S. The van der Waals surface area contributed by atoms with Gasteiger partial charge in [-0.25, -0.2) is 13.4 Å². The Kier molecular flexibility index (Phi) is 2.90. The maximum Gasteiger partial charge on any atom is 0.244 e. The predicted molar refractivity (Wildman–Crippen MR) is 72.3 cm³/mol. The molecule has 2 aliphatic heterocycles. The number of nitrogens with zero attached hydrogens (tertiary/aromatic N) is 2. The number of sulfone groups is 1. The Labute approximate surface area is 115 Å². The van der Waals surface area contributed by atoms with Gasteiger partial charge in [-0.15, -0.1) is 0 Å². The summed E-state index contributed by atoms with van der Waals surface area (Å²) in [5, 5.41) is 3.03. The first-order valence-electron chi connectivity index (χ1n) is 5.88. The minimum Gasteiger partial charge on any atom is -0.341 e. The normalized spacial score (nSPS) is 25.0. The Bertz CT molecular complexity index is 647. The number of amides is 1. The van der Waals surface area contributed by atoms with Gasteiger partial charge in [-0.05, 0) is 18.6 Å². The molecule has 1 aromatic rings. The monoisotopic (exact) mass is 301 g/mol. The first-order chi connectivity index (χ1) is 8.94. The molecule has 0 radical (unpaired) electrons. The van der Waals surface area contributed by atoms with Crippen LogP contribution in [-0.2, 0) is 14.6 Å². The second-order valence-corrected chi connectivity index (χ2v) is 7.35. The molecule has 1 unspecified atom stereocenters. The first kappa shape index (κ1) is 12.7. The number of hydrogen-bond acceptors (Lipinski definition) is 5. The van der Waals surface area contributed by atoms with Crippen molar-refractivity contribution in [2.75, 3.05) is 28.3 Å². The Balaban J connectivity index is 1.99. The maximum absolute atomic E-state index is 11.7. The third-order valence-corrected chi connectivity index (χ3v) is 5.31. The number of halogens is 1. The third-order valence-electron chi connectivity index (χ3n) is 3.35. The molecule has 3 heterocycles. The number of aromatic nitrogens is 1. The Hall–Kier alpha value is -1.34. The molecule has 8 heteroatoms. The van der Waals surface area contributed by atoms with Gasteiger partial charge in [0.05, 0.1) is 23.7 Å². The minimum absolute atomic E-state index is 0.0634. The van der Waals surface area contributed by atoms with Crippen LogP contribution < -0.4 is 10.2 Å². The maximum atomic E-state index is 11.7. The number of fused-ring (bicyclic) bond motifs is 1. The molecule has 0 saturated carbocycles. The van der Waals surface area contributed by atoms with Gasteiger partial charge >= 0.3 is 0 Å². The summed E-state index contributed by atoms with van der Waals surface area (Å²) in [4.78, 5) is 17.6. The second-order valence-electron chi connectivity index (χ2n) is 4.74. The summed E-state index contributed by atoms with van der Waals surface area (Å²) in [6, 6.07) is 3.06. The van der Waals surface area contributed by atoms with Crippen molar-refractivity contribution in [2.45, 2.75) is 12.5 Å². The Morgan fingerprint density at radius 1 is 1.42 bits per heavy atom. The van der Waals surface area contributed by atoms with Crippen molar-refractivity contribution in [2.24, 2.45) is 0 Å². The van der Waals surface area contributed by atoms with Crippen LogP contribution in [0.25, 0.3) is 0 Å². The SMILES string of the molecule is O=C1CN(C2CCS(=O)(=O)C2)c2nc(Cl)ccc2N1. The van der Waals surface area contributed by atoms with Crippen LogP contribution >= 0.6 is 11.6 Å². The van der Waals surface area contributed by atoms with E-state index in [0.717, 1.165) is 0 Å². The van der Waals surface area contributed by atoms with Crippen LogP contribution in [0.15, 0.2) is 12.1 Å². The van der Waals surface area contributed by atoms with Gasteiger partial charge in [0.25, 0.3) is 0 Å². The fourth-order valence-corrected chi connectivity index (χ4v) is 4.36. The molecule has 1 amide bonds. The van der Waals surface area contributed by atoms with Crippen molar-refractivity contribution in [1.29, 1.82) is 0 Å². The summed E-state index contributed by atoms with van der Waals surface area (Å²) in [6.45, 7) is 0.112. The van der Waals surface area contributed by atoms with E-state index in [2.05, 4.69) is 10.3 Å². The lowest BCUT2D eigenvalue weighted by Gasteiger charge is -2.33. The largest absolute Gasteiger partial charge is 0.341 e. The fourth-order valence-electron chi connectivity index (χ4n) is 2.48. The summed E-state index contributed by atoms with van der Waals surface area (Å²) in [7, 11) is -3.01. The summed E-state index contributed by atoms with van der Waals surface area (Å²) < 4.78 is 23.1. The van der Waals surface area contributed by atoms with E-state index in [9.17, 15) is 13.2 Å². The zero-order chi connectivity index (χ0) is 13.6. The highest BCUT2D eigenvalue weighted by molar-refractivity contribution is 7.91. The zero-order valence-corrected chi connectivity index (χ0v) is 11.5. The van der Waals surface area contributed by atoms with Crippen molar-refractivity contribution in [3.8, 4) is 0 Å². The lowest BCUT2D eigenvalue weighted by molar-refractivity contribution is -0.115. The van der Waals surface area contributed by atoms with Crippen molar-refractivity contribution in [3.05, 3.63) is 17.3 Å². The summed E-state index contributed by atoms with van der Waals surface area (Å²) >= 11 is 5.87. The smallest absolute Gasteiger partial charge is 0.244 e. The van der Waals surface area contributed by atoms with Crippen molar-refractivity contribution >= 4 is 38.9 Å². The first-order valence-corrected chi connectivity index (χ1v) is 8.08. The predicted octanol–water partition coefficient (Wildman–Crippen LogP) is 0.681. The van der Waals surface area contributed by atoms with E-state index >= 15 is 0 Å². The Morgan fingerprint density at radius 3 is 2.89 bits per heavy atom. The van der Waals surface area contributed by atoms with Gasteiger partial charge in [0.1, 0.15) is 5.15 Å². The number of anilines is 2. The van der Waals surface area contributed by atoms with Gasteiger partial charge in [-0.2, -0.15) is 0 Å². The van der Waals surface area contributed by atoms with Gasteiger partial charge in [0.2, 0.25) is 5.91 Å². The average Bonchev–Trinajstić information content (AvgIpc) is 2.69. The molecule has 0 spiro atoms. The molecular weight excluding hydrogens is 290 g/mol. The van der Waals surface area contributed by atoms with E-state index in [4.69, 9.17) is 11.6 Å². The number of carbonyl (C=O) groups is 1. The van der Waals surface area contributed by atoms with E-state index in [0.29, 0.717) is 23.1 Å². The molecule has 1 aromatic heterocycles. The standard InChI is InChI=1S/C11H12ClN3O3S/c12-9-2-1-8-11(14-9)15(5-10(16)13-8)7-3-4-19(17,18)6-7/h1-2,7H,3-6H2,(H,13,16). The summed E-state index contributed by atoms with van der Waals surface area (Å²) in [6.07, 6.45) is 0.517. The van der Waals surface area contributed by atoms with Crippen LogP contribution in [0.2, 0.25) is 5.15 Å². The summed E-state index contributed by atoms with van der Waals surface area (Å²) in [5.41, 5.74) is 0.574. The van der Waals surface area contributed by atoms with Gasteiger partial charge < -0.3 is 10.2 Å². The van der Waals surface area contributed by atoms with Crippen LogP contribution in [-0.4, -0.2) is 43.4 Å². The van der Waals surface area contributed by atoms with Crippen LogP contribution in [0.5, 0.6) is 0 Å². The molecule has 0 bridgehead atoms. The molecule has 19 heavy (non-hydrogen) atoms. The van der Waals surface area contributed by atoms with Gasteiger partial charge in [0.15, 0.2) is 15.7 Å². The topological polar surface area (TPSA) is 79.4 Å². The molecule has 0 aliphatic carbocycles. The van der Waals surface area contributed by atoms with Crippen LogP contribution in [0.1, 0.15) is 6.42 Å². The van der Waals surface area contributed by atoms with Crippen LogP contribution in [0, 0.1) is 0 Å². The van der Waals surface area contributed by atoms with E-state index in [1.165, 1.54) is 0 Å². The number of pyridine rings is 1. The molecule has 0 aromatic carbocycles. The van der Waals surface area contributed by atoms with E-state index in [-0.39, 0.29) is 30.0 Å². The van der Waals surface area contributed by atoms with E-state index in [1.54, 1.807) is 17.0 Å². The quantitative estimate of drug-likeness (QED) is 0.772. The molecule has 6 nitrogen and oxygen atoms in total. The van der Waals surface area contributed by atoms with Gasteiger partial charge in [-0.3, -0.25) is 4.79 Å². The highest BCUT2D eigenvalue weighted by Crippen LogP contribution is 2.32. The summed E-state index contributed by atoms with van der Waals surface area (Å²) in [5.74, 6) is 0.606. The zero-order valence-electron chi connectivity index (χ0n) is 9.97. The lowest BCUT2D eigenvalue weighted by atomic mass is 10.2. The van der Waals surface area contributed by atoms with E-state index < -0.39 is 9.84 Å². The number of carbonyl (C=O) groups excluding carboxylic acids is 1. The molecule has 1 N–H and O–H groups in total. The highest BCUT2D eigenvalue weighted by atomic mass is 35.5. The molecule has 2 aliphatic rings. The van der Waals surface area contributed by atoms with E-state index in [1.807, 2.05) is 0 Å². The minimum atomic E-state index is -3.01. The number of hydrogen-bond donors (Lipinski definition) is 1. The third kappa shape index (κ3) is 2.40. The van der Waals surface area contributed by atoms with Crippen molar-refractivity contribution in [1.82, 2.24) is 4.98 Å². The van der Waals surface area contributed by atoms with Crippen molar-refractivity contribution in [3.63, 3.8) is 0 Å². The molecule has 102 valence electrons. The average molecular weight is 302 g/mol. The molecule has 1 saturated heterocycles. The number of rotatable bonds is 1. The highest BCUT2D eigenvalue weighted by Gasteiger charge is 2.36. The Morgan fingerprint density at radius 2 is 2.21 bits per heavy atom. The second kappa shape index (κ2) is 4.35. The molecule has 1 fully saturated rings. The van der Waals surface area contributed by atoms with Gasteiger partial charge in [-0.1, -0.05) is 11.6 Å². The number of nitrogens with one attached hydrogen (secondary N) is 1. The lowest BCUT2D eigenvalue weighted by Crippen LogP contribution is -2.45. The van der Waals surface area contributed by atoms with Crippen molar-refractivity contribution < 1.29 is 13.2 Å². The van der Waals surface area contributed by atoms with Crippen LogP contribution in [0.4, 0.5) is 11.5 Å². The molecule has 1 atom stereocenters. The molecule has 3 rings (SSSR count). The van der Waals surface area contributed by atoms with Crippen LogP contribution in [0.3, 0.4) is 0 Å².